The number of ether oxygens (including phenoxy) is 2. The highest BCUT2D eigenvalue weighted by molar-refractivity contribution is 9.09. The molecule has 0 aliphatic carbocycles. The fourth-order valence-electron chi connectivity index (χ4n) is 3.38. The van der Waals surface area contributed by atoms with Crippen LogP contribution >= 0.6 is 15.9 Å². The summed E-state index contributed by atoms with van der Waals surface area (Å²) in [6.45, 7) is 4.11. The lowest BCUT2D eigenvalue weighted by molar-refractivity contribution is -0.161. The van der Waals surface area contributed by atoms with E-state index in [1.807, 2.05) is 0 Å². The van der Waals surface area contributed by atoms with Crippen LogP contribution in [0, 0.1) is 5.92 Å². The Kier molecular flexibility index (Phi) is 20.7. The van der Waals surface area contributed by atoms with Crippen LogP contribution in [-0.2, 0) is 19.1 Å². The quantitative estimate of drug-likeness (QED) is 0.0846. The van der Waals surface area contributed by atoms with Gasteiger partial charge in [0.1, 0.15) is 0 Å². The molecule has 5 heteroatoms. The van der Waals surface area contributed by atoms with Crippen molar-refractivity contribution < 1.29 is 19.1 Å². The molecule has 0 saturated heterocycles. The van der Waals surface area contributed by atoms with Gasteiger partial charge in [0, 0.05) is 5.33 Å². The predicted molar refractivity (Wildman–Crippen MR) is 120 cm³/mol. The molecule has 166 valence electrons. The first-order valence-electron chi connectivity index (χ1n) is 11.6. The molecule has 0 aliphatic heterocycles. The van der Waals surface area contributed by atoms with Gasteiger partial charge in [-0.15, -0.1) is 0 Å². The molecule has 0 aliphatic rings. The van der Waals surface area contributed by atoms with Crippen LogP contribution in [0.5, 0.6) is 0 Å². The molecule has 28 heavy (non-hydrogen) atoms. The van der Waals surface area contributed by atoms with E-state index in [0.29, 0.717) is 19.6 Å². The topological polar surface area (TPSA) is 52.6 Å². The second-order valence-electron chi connectivity index (χ2n) is 7.48. The van der Waals surface area contributed by atoms with Crippen LogP contribution in [0.3, 0.4) is 0 Å². The fourth-order valence-corrected chi connectivity index (χ4v) is 3.78. The maximum atomic E-state index is 11.9. The Morgan fingerprint density at radius 1 is 0.607 bits per heavy atom. The molecular weight excluding hydrogens is 420 g/mol. The molecule has 0 N–H and O–H groups in total. The van der Waals surface area contributed by atoms with Gasteiger partial charge in [0.2, 0.25) is 0 Å². The average molecular weight is 463 g/mol. The van der Waals surface area contributed by atoms with Gasteiger partial charge in [-0.25, -0.2) is 0 Å². The Morgan fingerprint density at radius 3 is 1.25 bits per heavy atom. The molecule has 0 aromatic carbocycles. The third-order valence-electron chi connectivity index (χ3n) is 5.02. The third kappa shape index (κ3) is 16.4. The predicted octanol–water partition coefficient (Wildman–Crippen LogP) is 6.98. The second-order valence-corrected chi connectivity index (χ2v) is 8.28. The van der Waals surface area contributed by atoms with Crippen molar-refractivity contribution in [2.75, 3.05) is 18.5 Å². The summed E-state index contributed by atoms with van der Waals surface area (Å²) < 4.78 is 10.0. The number of carbonyl (C=O) groups excluding carboxylic acids is 2. The molecule has 0 unspecified atom stereocenters. The Morgan fingerprint density at radius 2 is 0.929 bits per heavy atom. The van der Waals surface area contributed by atoms with Crippen molar-refractivity contribution in [3.05, 3.63) is 0 Å². The van der Waals surface area contributed by atoms with Crippen molar-refractivity contribution in [2.24, 2.45) is 5.92 Å². The van der Waals surface area contributed by atoms with Crippen molar-refractivity contribution in [3.8, 4) is 0 Å². The highest BCUT2D eigenvalue weighted by Gasteiger charge is 2.28. The maximum Gasteiger partial charge on any atom is 0.320 e. The molecule has 0 aromatic heterocycles. The van der Waals surface area contributed by atoms with Crippen molar-refractivity contribution in [2.45, 2.75) is 110 Å². The normalized spacial score (nSPS) is 11.0. The van der Waals surface area contributed by atoms with Gasteiger partial charge >= 0.3 is 11.9 Å². The lowest BCUT2D eigenvalue weighted by Crippen LogP contribution is -2.28. The smallest absolute Gasteiger partial charge is 0.320 e. The zero-order valence-electron chi connectivity index (χ0n) is 18.3. The van der Waals surface area contributed by atoms with E-state index < -0.39 is 17.9 Å². The first-order valence-corrected chi connectivity index (χ1v) is 12.7. The number of rotatable bonds is 20. The summed E-state index contributed by atoms with van der Waals surface area (Å²) >= 11 is 3.48. The Hall–Kier alpha value is -0.580. The maximum absolute atomic E-state index is 11.9. The van der Waals surface area contributed by atoms with Gasteiger partial charge in [0.15, 0.2) is 5.92 Å². The van der Waals surface area contributed by atoms with Gasteiger partial charge in [0.25, 0.3) is 0 Å². The van der Waals surface area contributed by atoms with E-state index in [2.05, 4.69) is 15.9 Å². The number of carbonyl (C=O) groups is 2. The lowest BCUT2D eigenvalue weighted by Gasteiger charge is -2.14. The molecule has 0 amide bonds. The molecule has 4 nitrogen and oxygen atoms in total. The van der Waals surface area contributed by atoms with Gasteiger partial charge in [-0.05, 0) is 26.7 Å². The molecule has 0 aromatic rings. The Labute approximate surface area is 181 Å². The van der Waals surface area contributed by atoms with E-state index in [9.17, 15) is 9.59 Å². The van der Waals surface area contributed by atoms with Crippen LogP contribution in [0.15, 0.2) is 0 Å². The molecule has 0 atom stereocenters. The first kappa shape index (κ1) is 27.4. The summed E-state index contributed by atoms with van der Waals surface area (Å²) in [5.41, 5.74) is 0. The number of hydrogen-bond acceptors (Lipinski definition) is 4. The monoisotopic (exact) mass is 462 g/mol. The second kappa shape index (κ2) is 21.1. The molecule has 0 fully saturated rings. The summed E-state index contributed by atoms with van der Waals surface area (Å²) in [5, 5.41) is 1.14. The van der Waals surface area contributed by atoms with Crippen LogP contribution in [0.2, 0.25) is 0 Å². The number of unbranched alkanes of at least 4 members (excludes halogenated alkanes) is 13. The van der Waals surface area contributed by atoms with Crippen molar-refractivity contribution in [3.63, 3.8) is 0 Å². The summed E-state index contributed by atoms with van der Waals surface area (Å²) in [5.74, 6) is -1.63. The summed E-state index contributed by atoms with van der Waals surface area (Å²) in [6.07, 6.45) is 18.5. The van der Waals surface area contributed by atoms with Crippen molar-refractivity contribution in [1.82, 2.24) is 0 Å². The summed E-state index contributed by atoms with van der Waals surface area (Å²) in [4.78, 5) is 23.8. The van der Waals surface area contributed by atoms with Gasteiger partial charge in [-0.1, -0.05) is 99.4 Å². The largest absolute Gasteiger partial charge is 0.465 e. The summed E-state index contributed by atoms with van der Waals surface area (Å²) in [7, 11) is 0. The van der Waals surface area contributed by atoms with Crippen molar-refractivity contribution >= 4 is 27.9 Å². The Bertz CT molecular complexity index is 356. The third-order valence-corrected chi connectivity index (χ3v) is 5.58. The van der Waals surface area contributed by atoms with Crippen molar-refractivity contribution in [1.29, 1.82) is 0 Å². The van der Waals surface area contributed by atoms with E-state index in [-0.39, 0.29) is 0 Å². The SMILES string of the molecule is CCOC(=O)C(CCCCCCCCCCCCCCCCBr)C(=O)OCC. The van der Waals surface area contributed by atoms with Gasteiger partial charge < -0.3 is 9.47 Å². The molecule has 0 spiro atoms. The highest BCUT2D eigenvalue weighted by atomic mass is 79.9. The van der Waals surface area contributed by atoms with Crippen LogP contribution in [0.4, 0.5) is 0 Å². The number of alkyl halides is 1. The zero-order valence-corrected chi connectivity index (χ0v) is 19.9. The van der Waals surface area contributed by atoms with Gasteiger partial charge in [-0.2, -0.15) is 0 Å². The minimum absolute atomic E-state index is 0.298. The highest BCUT2D eigenvalue weighted by Crippen LogP contribution is 2.17. The molecule has 0 radical (unpaired) electrons. The zero-order chi connectivity index (χ0) is 20.9. The van der Waals surface area contributed by atoms with Crippen LogP contribution in [0.1, 0.15) is 110 Å². The van der Waals surface area contributed by atoms with E-state index in [1.54, 1.807) is 13.8 Å². The minimum Gasteiger partial charge on any atom is -0.465 e. The number of esters is 2. The van der Waals surface area contributed by atoms with E-state index in [0.717, 1.165) is 18.2 Å². The van der Waals surface area contributed by atoms with E-state index >= 15 is 0 Å². The minimum atomic E-state index is -0.751. The summed E-state index contributed by atoms with van der Waals surface area (Å²) in [6, 6.07) is 0. The number of halogens is 1. The van der Waals surface area contributed by atoms with Gasteiger partial charge in [-0.3, -0.25) is 9.59 Å². The lowest BCUT2D eigenvalue weighted by atomic mass is 9.99. The first-order chi connectivity index (χ1) is 13.7. The molecule has 0 heterocycles. The molecule has 0 saturated carbocycles. The molecule has 0 rings (SSSR count). The number of hydrogen-bond donors (Lipinski definition) is 0. The average Bonchev–Trinajstić information content (AvgIpc) is 2.68. The van der Waals surface area contributed by atoms with Gasteiger partial charge in [0.05, 0.1) is 13.2 Å². The molecular formula is C23H43BrO4. The van der Waals surface area contributed by atoms with E-state index in [1.165, 1.54) is 77.0 Å². The van der Waals surface area contributed by atoms with E-state index in [4.69, 9.17) is 9.47 Å². The van der Waals surface area contributed by atoms with Crippen LogP contribution in [0.25, 0.3) is 0 Å². The Balaban J connectivity index is 3.55. The molecule has 0 bridgehead atoms. The standard InChI is InChI=1S/C23H43BrO4/c1-3-27-22(25)21(23(26)28-4-2)19-17-15-13-11-9-7-5-6-8-10-12-14-16-18-20-24/h21H,3-20H2,1-2H3. The van der Waals surface area contributed by atoms with Crippen LogP contribution < -0.4 is 0 Å². The van der Waals surface area contributed by atoms with Crippen LogP contribution in [-0.4, -0.2) is 30.5 Å². The fraction of sp³-hybridized carbons (Fsp3) is 0.913.